The summed E-state index contributed by atoms with van der Waals surface area (Å²) in [5.41, 5.74) is 3.15. The number of benzene rings is 3. The molecule has 194 valence electrons. The molecule has 3 aromatic rings. The first-order valence-electron chi connectivity index (χ1n) is 12.6. The summed E-state index contributed by atoms with van der Waals surface area (Å²) in [6.45, 7) is 6.95. The summed E-state index contributed by atoms with van der Waals surface area (Å²) in [6, 6.07) is 29.4. The van der Waals surface area contributed by atoms with E-state index in [1.807, 2.05) is 91.0 Å². The molecule has 3 aromatic carbocycles. The van der Waals surface area contributed by atoms with Crippen LogP contribution in [0.5, 0.6) is 0 Å². The van der Waals surface area contributed by atoms with Gasteiger partial charge in [-0.1, -0.05) is 97.1 Å². The largest absolute Gasteiger partial charge is 0.374 e. The molecule has 1 saturated heterocycles. The van der Waals surface area contributed by atoms with Crippen molar-refractivity contribution in [3.05, 3.63) is 120 Å². The van der Waals surface area contributed by atoms with Crippen LogP contribution in [0, 0.1) is 0 Å². The number of carbonyl (C=O) groups is 1. The maximum absolute atomic E-state index is 12.2. The van der Waals surface area contributed by atoms with Crippen LogP contribution in [0.2, 0.25) is 0 Å². The summed E-state index contributed by atoms with van der Waals surface area (Å²) in [5, 5.41) is 3.02. The molecule has 1 aliphatic rings. The molecule has 0 saturated carbocycles. The van der Waals surface area contributed by atoms with E-state index in [1.165, 1.54) is 6.92 Å². The van der Waals surface area contributed by atoms with Crippen LogP contribution in [0.3, 0.4) is 0 Å². The lowest BCUT2D eigenvalue weighted by atomic mass is 9.92. The third-order valence-electron chi connectivity index (χ3n) is 6.30. The van der Waals surface area contributed by atoms with Crippen molar-refractivity contribution in [1.29, 1.82) is 0 Å². The van der Waals surface area contributed by atoms with Gasteiger partial charge in [-0.15, -0.1) is 6.58 Å². The molecule has 0 radical (unpaired) electrons. The molecule has 0 bridgehead atoms. The van der Waals surface area contributed by atoms with Crippen molar-refractivity contribution < 1.29 is 23.7 Å². The number of rotatable bonds is 12. The lowest BCUT2D eigenvalue weighted by molar-refractivity contribution is -0.223. The minimum absolute atomic E-state index is 0.172. The first kappa shape index (κ1) is 26.8. The van der Waals surface area contributed by atoms with Crippen molar-refractivity contribution in [2.24, 2.45) is 0 Å². The van der Waals surface area contributed by atoms with Crippen molar-refractivity contribution in [3.63, 3.8) is 0 Å². The molecular weight excluding hydrogens is 466 g/mol. The average Bonchev–Trinajstić information content (AvgIpc) is 2.93. The second-order valence-electron chi connectivity index (χ2n) is 9.12. The summed E-state index contributed by atoms with van der Waals surface area (Å²) >= 11 is 0. The van der Waals surface area contributed by atoms with Gasteiger partial charge in [0.15, 0.2) is 0 Å². The van der Waals surface area contributed by atoms with Crippen LogP contribution in [0.25, 0.3) is 0 Å². The van der Waals surface area contributed by atoms with Gasteiger partial charge in [0.25, 0.3) is 0 Å². The average molecular weight is 502 g/mol. The zero-order valence-corrected chi connectivity index (χ0v) is 21.2. The Morgan fingerprint density at radius 2 is 1.30 bits per heavy atom. The van der Waals surface area contributed by atoms with Crippen molar-refractivity contribution in [1.82, 2.24) is 5.32 Å². The Morgan fingerprint density at radius 3 is 1.78 bits per heavy atom. The standard InChI is InChI=1S/C31H35NO5/c1-3-27-29(32-23(2)33)31(36-21-26-17-11-6-12-18-26)30(35-20-25-15-9-5-10-16-25)28(37-27)22-34-19-24-13-7-4-8-14-24/h3-18,27-31H,1,19-22H2,2H3,(H,32,33)/t27-,28-,29+,30-,31-/m1/s1. The Balaban J connectivity index is 1.56. The summed E-state index contributed by atoms with van der Waals surface area (Å²) < 4.78 is 25.4. The van der Waals surface area contributed by atoms with Crippen LogP contribution < -0.4 is 5.32 Å². The third-order valence-corrected chi connectivity index (χ3v) is 6.30. The van der Waals surface area contributed by atoms with E-state index in [4.69, 9.17) is 18.9 Å². The minimum atomic E-state index is -0.493. The second-order valence-corrected chi connectivity index (χ2v) is 9.12. The van der Waals surface area contributed by atoms with Crippen molar-refractivity contribution >= 4 is 5.91 Å². The summed E-state index contributed by atoms with van der Waals surface area (Å²) in [5.74, 6) is -0.172. The second kappa shape index (κ2) is 13.9. The molecule has 1 amide bonds. The zero-order chi connectivity index (χ0) is 25.9. The van der Waals surface area contributed by atoms with E-state index in [-0.39, 0.29) is 5.91 Å². The number of nitrogens with one attached hydrogen (secondary N) is 1. The quantitative estimate of drug-likeness (QED) is 0.360. The number of hydrogen-bond donors (Lipinski definition) is 1. The lowest BCUT2D eigenvalue weighted by Gasteiger charge is -2.46. The van der Waals surface area contributed by atoms with E-state index in [2.05, 4.69) is 11.9 Å². The molecule has 0 aliphatic carbocycles. The normalized spacial score (nSPS) is 23.3. The SMILES string of the molecule is C=C[C@H]1O[C@H](COCc2ccccc2)[C@@H](OCc2ccccc2)[C@H](OCc2ccccc2)[C@H]1NC(C)=O. The predicted octanol–water partition coefficient (Wildman–Crippen LogP) is 4.83. The molecule has 1 heterocycles. The van der Waals surface area contributed by atoms with Crippen molar-refractivity contribution in [3.8, 4) is 0 Å². The molecule has 1 fully saturated rings. The molecule has 0 unspecified atom stereocenters. The Bertz CT molecular complexity index is 1090. The summed E-state index contributed by atoms with van der Waals surface area (Å²) in [6.07, 6.45) is -0.174. The predicted molar refractivity (Wildman–Crippen MR) is 143 cm³/mol. The zero-order valence-electron chi connectivity index (χ0n) is 21.2. The highest BCUT2D eigenvalue weighted by Gasteiger charge is 2.47. The van der Waals surface area contributed by atoms with E-state index in [9.17, 15) is 4.79 Å². The molecular formula is C31H35NO5. The fraction of sp³-hybridized carbons (Fsp3) is 0.323. The molecule has 0 spiro atoms. The molecule has 1 aliphatic heterocycles. The molecule has 4 rings (SSSR count). The van der Waals surface area contributed by atoms with Gasteiger partial charge in [-0.25, -0.2) is 0 Å². The maximum Gasteiger partial charge on any atom is 0.217 e. The van der Waals surface area contributed by atoms with Gasteiger partial charge in [0.2, 0.25) is 5.91 Å². The minimum Gasteiger partial charge on any atom is -0.374 e. The first-order valence-corrected chi connectivity index (χ1v) is 12.6. The Kier molecular flexibility index (Phi) is 10.0. The Morgan fingerprint density at radius 1 is 0.811 bits per heavy atom. The smallest absolute Gasteiger partial charge is 0.217 e. The number of hydrogen-bond acceptors (Lipinski definition) is 5. The summed E-state index contributed by atoms with van der Waals surface area (Å²) in [7, 11) is 0. The van der Waals surface area contributed by atoms with E-state index in [0.717, 1.165) is 16.7 Å². The monoisotopic (exact) mass is 501 g/mol. The highest BCUT2D eigenvalue weighted by atomic mass is 16.6. The van der Waals surface area contributed by atoms with Gasteiger partial charge >= 0.3 is 0 Å². The Labute approximate surface area is 219 Å². The highest BCUT2D eigenvalue weighted by Crippen LogP contribution is 2.29. The topological polar surface area (TPSA) is 66.0 Å². The lowest BCUT2D eigenvalue weighted by Crippen LogP contribution is -2.65. The molecule has 5 atom stereocenters. The summed E-state index contributed by atoms with van der Waals surface area (Å²) in [4.78, 5) is 12.2. The van der Waals surface area contributed by atoms with Crippen molar-refractivity contribution in [2.75, 3.05) is 6.61 Å². The van der Waals surface area contributed by atoms with Crippen LogP contribution >= 0.6 is 0 Å². The van der Waals surface area contributed by atoms with Gasteiger partial charge in [0.05, 0.1) is 38.6 Å². The third kappa shape index (κ3) is 7.84. The molecule has 0 aromatic heterocycles. The fourth-order valence-electron chi connectivity index (χ4n) is 4.50. The Hall–Kier alpha value is -3.29. The van der Waals surface area contributed by atoms with E-state index in [0.29, 0.717) is 26.4 Å². The first-order chi connectivity index (χ1) is 18.1. The van der Waals surface area contributed by atoms with E-state index >= 15 is 0 Å². The fourth-order valence-corrected chi connectivity index (χ4v) is 4.50. The van der Waals surface area contributed by atoms with Crippen LogP contribution in [0.15, 0.2) is 104 Å². The van der Waals surface area contributed by atoms with Crippen LogP contribution in [-0.4, -0.2) is 43.0 Å². The number of ether oxygens (including phenoxy) is 4. The van der Waals surface area contributed by atoms with Crippen LogP contribution in [0.1, 0.15) is 23.6 Å². The van der Waals surface area contributed by atoms with Crippen LogP contribution in [0.4, 0.5) is 0 Å². The highest BCUT2D eigenvalue weighted by molar-refractivity contribution is 5.73. The van der Waals surface area contributed by atoms with Gasteiger partial charge in [-0.2, -0.15) is 0 Å². The molecule has 6 heteroatoms. The van der Waals surface area contributed by atoms with Gasteiger partial charge < -0.3 is 24.3 Å². The van der Waals surface area contributed by atoms with Crippen molar-refractivity contribution in [2.45, 2.75) is 57.2 Å². The van der Waals surface area contributed by atoms with Gasteiger partial charge in [-0.05, 0) is 16.7 Å². The number of amides is 1. The molecule has 6 nitrogen and oxygen atoms in total. The van der Waals surface area contributed by atoms with E-state index in [1.54, 1.807) is 6.08 Å². The molecule has 37 heavy (non-hydrogen) atoms. The van der Waals surface area contributed by atoms with Gasteiger partial charge in [0, 0.05) is 6.92 Å². The maximum atomic E-state index is 12.2. The molecule has 1 N–H and O–H groups in total. The van der Waals surface area contributed by atoms with Crippen LogP contribution in [-0.2, 0) is 43.6 Å². The van der Waals surface area contributed by atoms with E-state index < -0.39 is 30.5 Å². The van der Waals surface area contributed by atoms with Gasteiger partial charge in [-0.3, -0.25) is 4.79 Å². The van der Waals surface area contributed by atoms with Gasteiger partial charge in [0.1, 0.15) is 18.3 Å². The number of carbonyl (C=O) groups excluding carboxylic acids is 1.